The van der Waals surface area contributed by atoms with E-state index in [2.05, 4.69) is 0 Å². The van der Waals surface area contributed by atoms with E-state index in [-0.39, 0.29) is 6.54 Å². The topological polar surface area (TPSA) is 29.3 Å². The van der Waals surface area contributed by atoms with E-state index < -0.39 is 6.43 Å². The highest BCUT2D eigenvalue weighted by Gasteiger charge is 2.11. The van der Waals surface area contributed by atoms with Gasteiger partial charge in [-0.3, -0.25) is 4.90 Å². The Bertz CT molecular complexity index is 316. The number of nitrogens with two attached hydrogens (primary N) is 1. The Balaban J connectivity index is 2.60. The van der Waals surface area contributed by atoms with Gasteiger partial charge in [0.05, 0.1) is 6.54 Å². The molecule has 0 aliphatic carbocycles. The molecule has 0 saturated carbocycles. The van der Waals surface area contributed by atoms with Crippen molar-refractivity contribution in [3.8, 4) is 0 Å². The Morgan fingerprint density at radius 3 is 2.69 bits per heavy atom. The van der Waals surface area contributed by atoms with Crippen LogP contribution in [0.5, 0.6) is 0 Å². The minimum atomic E-state index is -2.31. The molecule has 0 amide bonds. The zero-order valence-electron chi connectivity index (χ0n) is 9.50. The van der Waals surface area contributed by atoms with Gasteiger partial charge in [0, 0.05) is 19.6 Å². The molecule has 0 spiro atoms. The molecule has 90 valence electrons. The number of hydrogen-bond donors (Lipinski definition) is 1. The van der Waals surface area contributed by atoms with Crippen LogP contribution in [0.4, 0.5) is 8.78 Å². The molecular formula is C12H18F2N2. The summed E-state index contributed by atoms with van der Waals surface area (Å²) in [5, 5.41) is 0. The van der Waals surface area contributed by atoms with Crippen molar-refractivity contribution >= 4 is 0 Å². The van der Waals surface area contributed by atoms with Gasteiger partial charge in [0.2, 0.25) is 0 Å². The third kappa shape index (κ3) is 4.68. The first kappa shape index (κ1) is 13.1. The quantitative estimate of drug-likeness (QED) is 0.807. The predicted octanol–water partition coefficient (Wildman–Crippen LogP) is 2.02. The first-order chi connectivity index (χ1) is 7.61. The van der Waals surface area contributed by atoms with Gasteiger partial charge in [0.15, 0.2) is 0 Å². The van der Waals surface area contributed by atoms with E-state index in [9.17, 15) is 8.78 Å². The van der Waals surface area contributed by atoms with Gasteiger partial charge in [0.25, 0.3) is 6.43 Å². The molecule has 0 aliphatic rings. The lowest BCUT2D eigenvalue weighted by Gasteiger charge is -2.21. The summed E-state index contributed by atoms with van der Waals surface area (Å²) < 4.78 is 24.6. The van der Waals surface area contributed by atoms with Gasteiger partial charge in [0.1, 0.15) is 0 Å². The highest BCUT2D eigenvalue weighted by atomic mass is 19.3. The molecule has 0 bridgehead atoms. The fraction of sp³-hybridized carbons (Fsp3) is 0.500. The van der Waals surface area contributed by atoms with Gasteiger partial charge in [-0.25, -0.2) is 8.78 Å². The Kier molecular flexibility index (Phi) is 5.35. The van der Waals surface area contributed by atoms with Crippen LogP contribution in [-0.4, -0.2) is 31.0 Å². The summed E-state index contributed by atoms with van der Waals surface area (Å²) in [6, 6.07) is 7.88. The second kappa shape index (κ2) is 6.55. The van der Waals surface area contributed by atoms with Crippen LogP contribution >= 0.6 is 0 Å². The summed E-state index contributed by atoms with van der Waals surface area (Å²) in [4.78, 5) is 1.68. The lowest BCUT2D eigenvalue weighted by atomic mass is 10.1. The largest absolute Gasteiger partial charge is 0.329 e. The molecule has 0 aliphatic heterocycles. The summed E-state index contributed by atoms with van der Waals surface area (Å²) in [6.45, 7) is 3.20. The lowest BCUT2D eigenvalue weighted by Crippen LogP contribution is -2.33. The molecular weight excluding hydrogens is 210 g/mol. The van der Waals surface area contributed by atoms with Gasteiger partial charge >= 0.3 is 0 Å². The fourth-order valence-electron chi connectivity index (χ4n) is 1.68. The predicted molar refractivity (Wildman–Crippen MR) is 61.5 cm³/mol. The van der Waals surface area contributed by atoms with Crippen LogP contribution < -0.4 is 5.73 Å². The maximum absolute atomic E-state index is 12.3. The molecule has 0 radical (unpaired) electrons. The van der Waals surface area contributed by atoms with Crippen LogP contribution in [0.25, 0.3) is 0 Å². The average Bonchev–Trinajstić information content (AvgIpc) is 2.16. The molecule has 16 heavy (non-hydrogen) atoms. The van der Waals surface area contributed by atoms with E-state index in [0.717, 1.165) is 11.1 Å². The monoisotopic (exact) mass is 228 g/mol. The number of hydrogen-bond acceptors (Lipinski definition) is 2. The standard InChI is InChI=1S/C12H18F2N2/c1-10-3-2-4-11(7-10)8-16(6-5-15)9-12(13)14/h2-4,7,12H,5-6,8-9,15H2,1H3. The van der Waals surface area contributed by atoms with Crippen molar-refractivity contribution in [2.24, 2.45) is 5.73 Å². The first-order valence-corrected chi connectivity index (χ1v) is 5.38. The Morgan fingerprint density at radius 1 is 1.38 bits per heavy atom. The average molecular weight is 228 g/mol. The van der Waals surface area contributed by atoms with Crippen molar-refractivity contribution in [2.45, 2.75) is 19.9 Å². The molecule has 0 fully saturated rings. The van der Waals surface area contributed by atoms with Crippen LogP contribution in [0, 0.1) is 6.92 Å². The third-order valence-corrected chi connectivity index (χ3v) is 2.33. The molecule has 0 atom stereocenters. The van der Waals surface area contributed by atoms with Crippen molar-refractivity contribution in [3.05, 3.63) is 35.4 Å². The van der Waals surface area contributed by atoms with E-state index in [1.54, 1.807) is 4.90 Å². The van der Waals surface area contributed by atoms with Crippen molar-refractivity contribution in [1.29, 1.82) is 0 Å². The third-order valence-electron chi connectivity index (χ3n) is 2.33. The molecule has 1 aromatic rings. The molecule has 0 unspecified atom stereocenters. The van der Waals surface area contributed by atoms with Crippen molar-refractivity contribution in [3.63, 3.8) is 0 Å². The molecule has 2 nitrogen and oxygen atoms in total. The maximum atomic E-state index is 12.3. The number of nitrogens with zero attached hydrogens (tertiary/aromatic N) is 1. The van der Waals surface area contributed by atoms with Gasteiger partial charge in [-0.1, -0.05) is 29.8 Å². The minimum absolute atomic E-state index is 0.217. The number of halogens is 2. The SMILES string of the molecule is Cc1cccc(CN(CCN)CC(F)F)c1. The Morgan fingerprint density at radius 2 is 2.12 bits per heavy atom. The van der Waals surface area contributed by atoms with Crippen LogP contribution in [0.1, 0.15) is 11.1 Å². The Hall–Kier alpha value is -1.00. The van der Waals surface area contributed by atoms with Gasteiger partial charge < -0.3 is 5.73 Å². The van der Waals surface area contributed by atoms with Crippen molar-refractivity contribution in [2.75, 3.05) is 19.6 Å². The molecule has 0 saturated heterocycles. The lowest BCUT2D eigenvalue weighted by molar-refractivity contribution is 0.0862. The Labute approximate surface area is 95.1 Å². The molecule has 1 rings (SSSR count). The van der Waals surface area contributed by atoms with Gasteiger partial charge in [-0.05, 0) is 12.5 Å². The van der Waals surface area contributed by atoms with Crippen LogP contribution in [0.2, 0.25) is 0 Å². The molecule has 4 heteroatoms. The van der Waals surface area contributed by atoms with Gasteiger partial charge in [-0.2, -0.15) is 0 Å². The fourth-order valence-corrected chi connectivity index (χ4v) is 1.68. The van der Waals surface area contributed by atoms with Crippen LogP contribution in [0.3, 0.4) is 0 Å². The van der Waals surface area contributed by atoms with Crippen LogP contribution in [0.15, 0.2) is 24.3 Å². The number of rotatable bonds is 6. The zero-order valence-corrected chi connectivity index (χ0v) is 9.50. The summed E-state index contributed by atoms with van der Waals surface area (Å²) >= 11 is 0. The number of alkyl halides is 2. The number of aryl methyl sites for hydroxylation is 1. The van der Waals surface area contributed by atoms with Crippen LogP contribution in [-0.2, 0) is 6.54 Å². The van der Waals surface area contributed by atoms with E-state index in [0.29, 0.717) is 19.6 Å². The van der Waals surface area contributed by atoms with E-state index in [4.69, 9.17) is 5.73 Å². The van der Waals surface area contributed by atoms with Gasteiger partial charge in [-0.15, -0.1) is 0 Å². The summed E-state index contributed by atoms with van der Waals surface area (Å²) in [7, 11) is 0. The second-order valence-corrected chi connectivity index (χ2v) is 3.90. The maximum Gasteiger partial charge on any atom is 0.251 e. The summed E-state index contributed by atoms with van der Waals surface area (Å²) in [5.41, 5.74) is 7.59. The minimum Gasteiger partial charge on any atom is -0.329 e. The summed E-state index contributed by atoms with van der Waals surface area (Å²) in [6.07, 6.45) is -2.31. The zero-order chi connectivity index (χ0) is 12.0. The highest BCUT2D eigenvalue weighted by molar-refractivity contribution is 5.22. The van der Waals surface area contributed by atoms with Crippen molar-refractivity contribution < 1.29 is 8.78 Å². The molecule has 2 N–H and O–H groups in total. The molecule has 0 heterocycles. The molecule has 1 aromatic carbocycles. The highest BCUT2D eigenvalue weighted by Crippen LogP contribution is 2.08. The second-order valence-electron chi connectivity index (χ2n) is 3.90. The summed E-state index contributed by atoms with van der Waals surface area (Å²) in [5.74, 6) is 0. The van der Waals surface area contributed by atoms with E-state index in [1.165, 1.54) is 0 Å². The normalized spacial score (nSPS) is 11.4. The first-order valence-electron chi connectivity index (χ1n) is 5.38. The smallest absolute Gasteiger partial charge is 0.251 e. The van der Waals surface area contributed by atoms with Crippen molar-refractivity contribution in [1.82, 2.24) is 4.90 Å². The molecule has 0 aromatic heterocycles. The van der Waals surface area contributed by atoms with E-state index >= 15 is 0 Å². The number of benzene rings is 1. The van der Waals surface area contributed by atoms with E-state index in [1.807, 2.05) is 31.2 Å².